The van der Waals surface area contributed by atoms with Gasteiger partial charge in [-0.2, -0.15) is 11.8 Å². The molecule has 1 aromatic heterocycles. The second kappa shape index (κ2) is 9.26. The highest BCUT2D eigenvalue weighted by Gasteiger charge is 2.05. The highest BCUT2D eigenvalue weighted by atomic mass is 32.2. The summed E-state index contributed by atoms with van der Waals surface area (Å²) in [5, 5.41) is 3.01. The van der Waals surface area contributed by atoms with E-state index >= 15 is 0 Å². The Morgan fingerprint density at radius 1 is 1.14 bits per heavy atom. The van der Waals surface area contributed by atoms with E-state index in [9.17, 15) is 4.79 Å². The van der Waals surface area contributed by atoms with Gasteiger partial charge < -0.3 is 5.32 Å². The van der Waals surface area contributed by atoms with Crippen LogP contribution >= 0.6 is 11.8 Å². The number of benzene rings is 1. The highest BCUT2D eigenvalue weighted by molar-refractivity contribution is 7.99. The minimum Gasteiger partial charge on any atom is -0.326 e. The number of amides is 1. The van der Waals surface area contributed by atoms with Crippen LogP contribution in [0.3, 0.4) is 0 Å². The van der Waals surface area contributed by atoms with Gasteiger partial charge in [0.2, 0.25) is 5.91 Å². The van der Waals surface area contributed by atoms with Crippen molar-refractivity contribution in [2.45, 2.75) is 26.2 Å². The van der Waals surface area contributed by atoms with Crippen molar-refractivity contribution in [1.82, 2.24) is 4.98 Å². The standard InChI is InChI=1S/C18H22N2OS/c1-2-15-7-3-4-9-17(15)20-18(21)11-14-22-13-10-16-8-5-6-12-19-16/h3-9,12H,2,10-11,13-14H2,1H3,(H,20,21). The van der Waals surface area contributed by atoms with Crippen LogP contribution in [0.15, 0.2) is 48.7 Å². The number of pyridine rings is 1. The molecule has 3 nitrogen and oxygen atoms in total. The summed E-state index contributed by atoms with van der Waals surface area (Å²) < 4.78 is 0. The van der Waals surface area contributed by atoms with Gasteiger partial charge in [0.1, 0.15) is 0 Å². The van der Waals surface area contributed by atoms with Crippen LogP contribution in [0.1, 0.15) is 24.6 Å². The Hall–Kier alpha value is -1.81. The number of aryl methyl sites for hydroxylation is 2. The average Bonchev–Trinajstić information content (AvgIpc) is 2.56. The molecule has 2 rings (SSSR count). The van der Waals surface area contributed by atoms with Gasteiger partial charge in [-0.15, -0.1) is 0 Å². The van der Waals surface area contributed by atoms with Gasteiger partial charge in [-0.05, 0) is 42.4 Å². The molecule has 2 aromatic rings. The summed E-state index contributed by atoms with van der Waals surface area (Å²) in [6.45, 7) is 2.10. The first-order valence-electron chi connectivity index (χ1n) is 7.65. The van der Waals surface area contributed by atoms with E-state index in [-0.39, 0.29) is 5.91 Å². The lowest BCUT2D eigenvalue weighted by Gasteiger charge is -2.09. The Kier molecular flexibility index (Phi) is 6.97. The number of anilines is 1. The maximum atomic E-state index is 12.0. The van der Waals surface area contributed by atoms with Crippen LogP contribution in [-0.4, -0.2) is 22.4 Å². The smallest absolute Gasteiger partial charge is 0.225 e. The molecule has 0 aliphatic carbocycles. The topological polar surface area (TPSA) is 42.0 Å². The summed E-state index contributed by atoms with van der Waals surface area (Å²) in [5.41, 5.74) is 3.23. The van der Waals surface area contributed by atoms with E-state index < -0.39 is 0 Å². The number of carbonyl (C=O) groups excluding carboxylic acids is 1. The van der Waals surface area contributed by atoms with Crippen molar-refractivity contribution in [3.05, 3.63) is 59.9 Å². The second-order valence-electron chi connectivity index (χ2n) is 4.99. The zero-order valence-corrected chi connectivity index (χ0v) is 13.7. The SMILES string of the molecule is CCc1ccccc1NC(=O)CCSCCc1ccccn1. The second-order valence-corrected chi connectivity index (χ2v) is 6.22. The van der Waals surface area contributed by atoms with Gasteiger partial charge in [0, 0.05) is 29.8 Å². The molecule has 0 spiro atoms. The maximum absolute atomic E-state index is 12.0. The molecule has 0 atom stereocenters. The van der Waals surface area contributed by atoms with Crippen LogP contribution < -0.4 is 5.32 Å². The van der Waals surface area contributed by atoms with Gasteiger partial charge in [-0.3, -0.25) is 9.78 Å². The Morgan fingerprint density at radius 2 is 1.95 bits per heavy atom. The van der Waals surface area contributed by atoms with Crippen molar-refractivity contribution in [2.24, 2.45) is 0 Å². The predicted octanol–water partition coefficient (Wildman–Crippen LogP) is 3.95. The molecule has 0 saturated heterocycles. The lowest BCUT2D eigenvalue weighted by molar-refractivity contribution is -0.115. The molecule has 1 amide bonds. The molecule has 1 aromatic carbocycles. The first-order chi connectivity index (χ1) is 10.8. The van der Waals surface area contributed by atoms with E-state index in [1.807, 2.05) is 42.6 Å². The Bertz CT molecular complexity index is 587. The molecule has 0 saturated carbocycles. The van der Waals surface area contributed by atoms with Gasteiger partial charge in [0.15, 0.2) is 0 Å². The number of aromatic nitrogens is 1. The Labute approximate surface area is 136 Å². The van der Waals surface area contributed by atoms with E-state index in [4.69, 9.17) is 0 Å². The summed E-state index contributed by atoms with van der Waals surface area (Å²) in [6.07, 6.45) is 4.24. The van der Waals surface area contributed by atoms with Crippen LogP contribution in [0.2, 0.25) is 0 Å². The molecule has 116 valence electrons. The van der Waals surface area contributed by atoms with Crippen LogP contribution in [0, 0.1) is 0 Å². The lowest BCUT2D eigenvalue weighted by atomic mass is 10.1. The van der Waals surface area contributed by atoms with Crippen molar-refractivity contribution < 1.29 is 4.79 Å². The zero-order chi connectivity index (χ0) is 15.6. The van der Waals surface area contributed by atoms with Gasteiger partial charge >= 0.3 is 0 Å². The van der Waals surface area contributed by atoms with Crippen LogP contribution in [-0.2, 0) is 17.6 Å². The summed E-state index contributed by atoms with van der Waals surface area (Å²) in [6, 6.07) is 13.9. The number of carbonyl (C=O) groups is 1. The molecule has 4 heteroatoms. The molecule has 0 fully saturated rings. The van der Waals surface area contributed by atoms with Crippen molar-refractivity contribution in [2.75, 3.05) is 16.8 Å². The van der Waals surface area contributed by atoms with E-state index in [0.29, 0.717) is 6.42 Å². The number of para-hydroxylation sites is 1. The third-order valence-electron chi connectivity index (χ3n) is 3.37. The molecule has 1 N–H and O–H groups in total. The van der Waals surface area contributed by atoms with Crippen molar-refractivity contribution in [1.29, 1.82) is 0 Å². The minimum atomic E-state index is 0.0891. The van der Waals surface area contributed by atoms with E-state index in [1.54, 1.807) is 11.8 Å². The number of hydrogen-bond acceptors (Lipinski definition) is 3. The third kappa shape index (κ3) is 5.53. The average molecular weight is 314 g/mol. The number of nitrogens with one attached hydrogen (secondary N) is 1. The summed E-state index contributed by atoms with van der Waals surface area (Å²) >= 11 is 1.80. The fraction of sp³-hybridized carbons (Fsp3) is 0.333. The number of thioether (sulfide) groups is 1. The normalized spacial score (nSPS) is 10.4. The molecule has 0 radical (unpaired) electrons. The van der Waals surface area contributed by atoms with Crippen molar-refractivity contribution >= 4 is 23.4 Å². The molecular formula is C18H22N2OS. The highest BCUT2D eigenvalue weighted by Crippen LogP contribution is 2.16. The molecule has 0 bridgehead atoms. The number of rotatable bonds is 8. The first-order valence-corrected chi connectivity index (χ1v) is 8.80. The van der Waals surface area contributed by atoms with E-state index in [0.717, 1.165) is 35.7 Å². The van der Waals surface area contributed by atoms with Crippen LogP contribution in [0.25, 0.3) is 0 Å². The van der Waals surface area contributed by atoms with Crippen molar-refractivity contribution in [3.8, 4) is 0 Å². The van der Waals surface area contributed by atoms with Gasteiger partial charge in [0.05, 0.1) is 0 Å². The first kappa shape index (κ1) is 16.6. The quantitative estimate of drug-likeness (QED) is 0.750. The molecule has 0 aliphatic heterocycles. The van der Waals surface area contributed by atoms with E-state index in [2.05, 4.69) is 23.3 Å². The van der Waals surface area contributed by atoms with Crippen LogP contribution in [0.5, 0.6) is 0 Å². The van der Waals surface area contributed by atoms with Crippen molar-refractivity contribution in [3.63, 3.8) is 0 Å². The fourth-order valence-corrected chi connectivity index (χ4v) is 3.04. The molecule has 0 unspecified atom stereocenters. The van der Waals surface area contributed by atoms with Gasteiger partial charge in [-0.25, -0.2) is 0 Å². The van der Waals surface area contributed by atoms with Gasteiger partial charge in [-0.1, -0.05) is 31.2 Å². The molecule has 22 heavy (non-hydrogen) atoms. The maximum Gasteiger partial charge on any atom is 0.225 e. The Balaban J connectivity index is 1.65. The molecule has 1 heterocycles. The predicted molar refractivity (Wildman–Crippen MR) is 94.3 cm³/mol. The summed E-state index contributed by atoms with van der Waals surface area (Å²) in [7, 11) is 0. The van der Waals surface area contributed by atoms with Gasteiger partial charge in [0.25, 0.3) is 0 Å². The monoisotopic (exact) mass is 314 g/mol. The molecular weight excluding hydrogens is 292 g/mol. The largest absolute Gasteiger partial charge is 0.326 e. The minimum absolute atomic E-state index is 0.0891. The molecule has 0 aliphatic rings. The number of nitrogens with zero attached hydrogens (tertiary/aromatic N) is 1. The lowest BCUT2D eigenvalue weighted by Crippen LogP contribution is -2.13. The fourth-order valence-electron chi connectivity index (χ4n) is 2.15. The zero-order valence-electron chi connectivity index (χ0n) is 12.9. The third-order valence-corrected chi connectivity index (χ3v) is 4.36. The Morgan fingerprint density at radius 3 is 2.73 bits per heavy atom. The van der Waals surface area contributed by atoms with E-state index in [1.165, 1.54) is 5.56 Å². The summed E-state index contributed by atoms with van der Waals surface area (Å²) in [5.74, 6) is 1.93. The number of hydrogen-bond donors (Lipinski definition) is 1. The summed E-state index contributed by atoms with van der Waals surface area (Å²) in [4.78, 5) is 16.3. The van der Waals surface area contributed by atoms with Crippen LogP contribution in [0.4, 0.5) is 5.69 Å².